The molecule has 0 spiro atoms. The van der Waals surface area contributed by atoms with Gasteiger partial charge in [-0.15, -0.1) is 0 Å². The Morgan fingerprint density at radius 2 is 1.14 bits per heavy atom. The summed E-state index contributed by atoms with van der Waals surface area (Å²) in [5.41, 5.74) is 5.13. The third-order valence-electron chi connectivity index (χ3n) is 14.1. The Hall–Kier alpha value is -7.39. The summed E-state index contributed by atoms with van der Waals surface area (Å²) in [4.78, 5) is 11.1. The van der Waals surface area contributed by atoms with Crippen molar-refractivity contribution in [2.75, 3.05) is 0 Å². The average molecular weight is 871 g/mol. The summed E-state index contributed by atoms with van der Waals surface area (Å²) in [6.07, 6.45) is 15.6. The molecule has 0 N–H and O–H groups in total. The van der Waals surface area contributed by atoms with E-state index >= 15 is 0 Å². The van der Waals surface area contributed by atoms with Gasteiger partial charge in [-0.1, -0.05) is 200 Å². The number of aryl methyl sites for hydroxylation is 1. The SMILES string of the molecule is Cc1ccccc1-c1nc(-c2cccc3c2Oc2ccccc2[Si]3(c2ccccc2)C2C=CC=CC2)cc(C2CC=CC3=C2Oc2ccccc2[Si]3(c2ccccc2)c2ccccc2)n1. The van der Waals surface area contributed by atoms with E-state index in [9.17, 15) is 0 Å². The van der Waals surface area contributed by atoms with E-state index in [1.807, 2.05) is 0 Å². The van der Waals surface area contributed by atoms with Crippen molar-refractivity contribution >= 4 is 47.3 Å². The molecule has 7 aromatic carbocycles. The molecule has 0 bridgehead atoms. The van der Waals surface area contributed by atoms with Gasteiger partial charge in [0.05, 0.1) is 17.3 Å². The normalized spacial score (nSPS) is 19.8. The second-order valence-electron chi connectivity index (χ2n) is 17.5. The van der Waals surface area contributed by atoms with Gasteiger partial charge in [-0.3, -0.25) is 0 Å². The van der Waals surface area contributed by atoms with Crippen molar-refractivity contribution in [3.05, 3.63) is 247 Å². The molecule has 2 aliphatic carbocycles. The van der Waals surface area contributed by atoms with Gasteiger partial charge < -0.3 is 9.47 Å². The van der Waals surface area contributed by atoms with Crippen LogP contribution in [0.25, 0.3) is 22.6 Å². The van der Waals surface area contributed by atoms with Gasteiger partial charge in [0.25, 0.3) is 0 Å². The molecule has 1 aromatic heterocycles. The summed E-state index contributed by atoms with van der Waals surface area (Å²) in [7, 11) is -5.65. The first kappa shape index (κ1) is 39.2. The molecular weight excluding hydrogens is 825 g/mol. The number of hydrogen-bond donors (Lipinski definition) is 0. The highest BCUT2D eigenvalue weighted by Crippen LogP contribution is 2.45. The maximum Gasteiger partial charge on any atom is 0.187 e. The first-order chi connectivity index (χ1) is 32.2. The summed E-state index contributed by atoms with van der Waals surface area (Å²) in [6, 6.07) is 68.3. The summed E-state index contributed by atoms with van der Waals surface area (Å²) in [5.74, 6) is 4.21. The first-order valence-electron chi connectivity index (χ1n) is 22.7. The van der Waals surface area contributed by atoms with Gasteiger partial charge in [-0.25, -0.2) is 9.97 Å². The molecule has 2 aliphatic heterocycles. The molecule has 12 rings (SSSR count). The van der Waals surface area contributed by atoms with Crippen molar-refractivity contribution in [1.82, 2.24) is 9.97 Å². The van der Waals surface area contributed by atoms with Gasteiger partial charge in [0.2, 0.25) is 0 Å². The number of nitrogens with zero attached hydrogens (tertiary/aromatic N) is 2. The lowest BCUT2D eigenvalue weighted by molar-refractivity contribution is 0.376. The number of aromatic nitrogens is 2. The lowest BCUT2D eigenvalue weighted by Gasteiger charge is -2.44. The highest BCUT2D eigenvalue weighted by molar-refractivity contribution is 7.17. The fourth-order valence-corrected chi connectivity index (χ4v) is 21.8. The number of fused-ring (bicyclic) bond motifs is 3. The largest absolute Gasteiger partial charge is 0.461 e. The number of allylic oxidation sites excluding steroid dienone is 8. The molecule has 8 aromatic rings. The molecule has 0 saturated carbocycles. The van der Waals surface area contributed by atoms with E-state index in [2.05, 4.69) is 231 Å². The smallest absolute Gasteiger partial charge is 0.187 e. The van der Waals surface area contributed by atoms with E-state index in [0.717, 1.165) is 63.9 Å². The number of para-hydroxylation sites is 3. The highest BCUT2D eigenvalue weighted by atomic mass is 28.3. The quantitative estimate of drug-likeness (QED) is 0.150. The minimum absolute atomic E-state index is 0.176. The molecule has 0 amide bonds. The highest BCUT2D eigenvalue weighted by Gasteiger charge is 2.52. The summed E-state index contributed by atoms with van der Waals surface area (Å²) < 4.78 is 14.5. The van der Waals surface area contributed by atoms with Crippen molar-refractivity contribution in [3.8, 4) is 39.9 Å². The van der Waals surface area contributed by atoms with Gasteiger partial charge in [0.1, 0.15) is 23.0 Å². The molecule has 65 heavy (non-hydrogen) atoms. The van der Waals surface area contributed by atoms with E-state index < -0.39 is 16.1 Å². The number of benzene rings is 7. The van der Waals surface area contributed by atoms with Crippen molar-refractivity contribution in [2.24, 2.45) is 0 Å². The third-order valence-corrected chi connectivity index (χ3v) is 24.2. The second-order valence-corrected chi connectivity index (χ2v) is 25.2. The van der Waals surface area contributed by atoms with E-state index in [-0.39, 0.29) is 11.5 Å². The van der Waals surface area contributed by atoms with Crippen LogP contribution < -0.4 is 40.6 Å². The molecule has 0 fully saturated rings. The van der Waals surface area contributed by atoms with E-state index in [4.69, 9.17) is 19.4 Å². The molecule has 4 aliphatic rings. The number of hydrogen-bond acceptors (Lipinski definition) is 4. The van der Waals surface area contributed by atoms with Crippen LogP contribution >= 0.6 is 0 Å². The van der Waals surface area contributed by atoms with Crippen molar-refractivity contribution < 1.29 is 9.47 Å². The molecule has 3 unspecified atom stereocenters. The first-order valence-corrected chi connectivity index (χ1v) is 26.8. The maximum absolute atomic E-state index is 7.26. The third kappa shape index (κ3) is 6.16. The monoisotopic (exact) mass is 870 g/mol. The topological polar surface area (TPSA) is 44.2 Å². The fraction of sp³-hybridized carbons (Fsp3) is 0.0847. The molecule has 3 heterocycles. The standard InChI is InChI=1S/C59H46N2O2Si2/c1-41-22-14-15-31-46(41)59-60-49(47-32-20-38-55-57(47)62-51-34-16-18-36-53(51)64(55,42-23-6-2-7-24-42)43-25-8-3-9-26-43)40-50(61-59)48-33-21-39-56-58(48)63-52-35-17-19-37-54(52)65(56,44-27-10-4-11-28-44)45-29-12-5-13-30-45/h2-29,31,33-40,45,47H,30,32H2,1H3. The summed E-state index contributed by atoms with van der Waals surface area (Å²) in [5, 5.41) is 9.11. The van der Waals surface area contributed by atoms with E-state index in [1.165, 1.54) is 36.3 Å². The number of ether oxygens (including phenoxy) is 2. The molecule has 0 saturated heterocycles. The zero-order chi connectivity index (χ0) is 43.4. The van der Waals surface area contributed by atoms with Crippen LogP contribution in [0.2, 0.25) is 5.54 Å². The summed E-state index contributed by atoms with van der Waals surface area (Å²) >= 11 is 0. The molecule has 0 radical (unpaired) electrons. The van der Waals surface area contributed by atoms with Crippen molar-refractivity contribution in [2.45, 2.75) is 31.2 Å². The van der Waals surface area contributed by atoms with Gasteiger partial charge in [-0.2, -0.15) is 0 Å². The van der Waals surface area contributed by atoms with Gasteiger partial charge in [0, 0.05) is 11.1 Å². The lowest BCUT2D eigenvalue weighted by atomic mass is 9.92. The Morgan fingerprint density at radius 1 is 0.523 bits per heavy atom. The average Bonchev–Trinajstić information content (AvgIpc) is 3.38. The van der Waals surface area contributed by atoms with Gasteiger partial charge in [0.15, 0.2) is 22.0 Å². The van der Waals surface area contributed by atoms with Gasteiger partial charge in [-0.05, 0) is 91.5 Å². The maximum atomic E-state index is 7.26. The predicted molar refractivity (Wildman–Crippen MR) is 270 cm³/mol. The van der Waals surface area contributed by atoms with Crippen LogP contribution in [0.5, 0.6) is 17.2 Å². The minimum Gasteiger partial charge on any atom is -0.461 e. The van der Waals surface area contributed by atoms with E-state index in [0.29, 0.717) is 5.82 Å². The Labute approximate surface area is 382 Å². The van der Waals surface area contributed by atoms with Crippen LogP contribution in [0.3, 0.4) is 0 Å². The second kappa shape index (κ2) is 16.0. The minimum atomic E-state index is -2.88. The molecule has 4 nitrogen and oxygen atoms in total. The van der Waals surface area contributed by atoms with Crippen LogP contribution in [-0.2, 0) is 0 Å². The van der Waals surface area contributed by atoms with Crippen molar-refractivity contribution in [1.29, 1.82) is 0 Å². The number of rotatable bonds is 7. The van der Waals surface area contributed by atoms with Crippen LogP contribution in [0, 0.1) is 6.92 Å². The fourth-order valence-electron chi connectivity index (χ4n) is 11.2. The van der Waals surface area contributed by atoms with Gasteiger partial charge >= 0.3 is 0 Å². The molecule has 3 atom stereocenters. The van der Waals surface area contributed by atoms with Crippen LogP contribution in [0.4, 0.5) is 0 Å². The molecule has 6 heteroatoms. The van der Waals surface area contributed by atoms with E-state index in [1.54, 1.807) is 0 Å². The molecular formula is C59H46N2O2Si2. The lowest BCUT2D eigenvalue weighted by Crippen LogP contribution is -2.71. The predicted octanol–water partition coefficient (Wildman–Crippen LogP) is 9.98. The van der Waals surface area contributed by atoms with Crippen molar-refractivity contribution in [3.63, 3.8) is 0 Å². The Kier molecular flexibility index (Phi) is 9.65. The summed E-state index contributed by atoms with van der Waals surface area (Å²) in [6.45, 7) is 2.15. The van der Waals surface area contributed by atoms with Crippen LogP contribution in [0.1, 0.15) is 30.0 Å². The Morgan fingerprint density at radius 3 is 1.85 bits per heavy atom. The van der Waals surface area contributed by atoms with Crippen LogP contribution in [-0.4, -0.2) is 26.1 Å². The Balaban J connectivity index is 1.11. The zero-order valence-electron chi connectivity index (χ0n) is 36.1. The Bertz CT molecular complexity index is 3210. The van der Waals surface area contributed by atoms with Crippen LogP contribution in [0.15, 0.2) is 235 Å². The zero-order valence-corrected chi connectivity index (χ0v) is 38.1. The molecule has 312 valence electrons.